The normalized spacial score (nSPS) is 13.9. The summed E-state index contributed by atoms with van der Waals surface area (Å²) in [7, 11) is -9.92. The van der Waals surface area contributed by atoms with Gasteiger partial charge in [0.2, 0.25) is 0 Å². The molecule has 0 rings (SSSR count). The number of hydrogen-bond acceptors (Lipinski definition) is 15. The van der Waals surface area contributed by atoms with Gasteiger partial charge in [-0.25, -0.2) is 9.13 Å². The summed E-state index contributed by atoms with van der Waals surface area (Å²) in [5, 5.41) is 10.6. The van der Waals surface area contributed by atoms with E-state index in [1.165, 1.54) is 238 Å². The Morgan fingerprint density at radius 2 is 0.465 bits per heavy atom. The first-order valence-corrected chi connectivity index (χ1v) is 44.5. The van der Waals surface area contributed by atoms with Gasteiger partial charge in [-0.2, -0.15) is 0 Å². The van der Waals surface area contributed by atoms with E-state index < -0.39 is 97.5 Å². The third-order valence-electron chi connectivity index (χ3n) is 18.7. The van der Waals surface area contributed by atoms with Crippen LogP contribution in [0.25, 0.3) is 0 Å². The molecule has 0 radical (unpaired) electrons. The fourth-order valence-corrected chi connectivity index (χ4v) is 13.9. The van der Waals surface area contributed by atoms with Gasteiger partial charge in [0.25, 0.3) is 0 Å². The zero-order valence-electron chi connectivity index (χ0n) is 64.8. The molecule has 0 fully saturated rings. The average Bonchev–Trinajstić information content (AvgIpc) is 0.980. The third-order valence-corrected chi connectivity index (χ3v) is 20.6. The van der Waals surface area contributed by atoms with Crippen molar-refractivity contribution in [2.24, 2.45) is 11.8 Å². The highest BCUT2D eigenvalue weighted by Gasteiger charge is 2.30. The molecule has 0 aromatic carbocycles. The van der Waals surface area contributed by atoms with Gasteiger partial charge < -0.3 is 33.8 Å². The van der Waals surface area contributed by atoms with E-state index in [1.54, 1.807) is 0 Å². The Morgan fingerprint density at radius 1 is 0.273 bits per heavy atom. The fourth-order valence-electron chi connectivity index (χ4n) is 12.4. The second-order valence-electron chi connectivity index (χ2n) is 29.8. The van der Waals surface area contributed by atoms with Gasteiger partial charge in [0, 0.05) is 25.7 Å². The molecule has 0 aliphatic rings. The van der Waals surface area contributed by atoms with Gasteiger partial charge in [-0.3, -0.25) is 37.3 Å². The van der Waals surface area contributed by atoms with Crippen molar-refractivity contribution in [2.45, 2.75) is 439 Å². The van der Waals surface area contributed by atoms with Gasteiger partial charge in [-0.05, 0) is 37.5 Å². The molecule has 0 amide bonds. The molecule has 0 heterocycles. The van der Waals surface area contributed by atoms with Crippen LogP contribution in [0, 0.1) is 11.8 Å². The van der Waals surface area contributed by atoms with Gasteiger partial charge in [0.1, 0.15) is 19.3 Å². The van der Waals surface area contributed by atoms with Gasteiger partial charge in [0.15, 0.2) is 12.2 Å². The van der Waals surface area contributed by atoms with Crippen LogP contribution < -0.4 is 0 Å². The number of aliphatic hydroxyl groups is 1. The van der Waals surface area contributed by atoms with E-state index in [4.69, 9.17) is 37.0 Å². The third kappa shape index (κ3) is 74.1. The van der Waals surface area contributed by atoms with E-state index in [-0.39, 0.29) is 25.7 Å². The number of rotatable bonds is 79. The largest absolute Gasteiger partial charge is 0.472 e. The summed E-state index contributed by atoms with van der Waals surface area (Å²) < 4.78 is 68.7. The van der Waals surface area contributed by atoms with Crippen molar-refractivity contribution in [1.82, 2.24) is 0 Å². The summed E-state index contributed by atoms with van der Waals surface area (Å²) in [6.45, 7) is 9.63. The van der Waals surface area contributed by atoms with Gasteiger partial charge >= 0.3 is 39.5 Å². The molecule has 2 unspecified atom stereocenters. The fraction of sp³-hybridized carbons (Fsp3) is 0.950. The van der Waals surface area contributed by atoms with Gasteiger partial charge in [-0.1, -0.05) is 369 Å². The van der Waals surface area contributed by atoms with E-state index >= 15 is 0 Å². The maximum absolute atomic E-state index is 13.1. The van der Waals surface area contributed by atoms with Crippen LogP contribution in [0.4, 0.5) is 0 Å². The molecular formula is C80H156O17P2. The van der Waals surface area contributed by atoms with E-state index in [2.05, 4.69) is 41.5 Å². The SMILES string of the molecule is CCCCCCCCCCCCCCCCCCC(=O)OC[C@H](COP(=O)(O)OC[C@@H](O)COP(=O)(O)OC[C@@H](COC(=O)CCCCCCCCCCCC(C)C)OC(=O)CCCCCCCCCCCCCCC(C)C)OC(=O)CCCCCCCCCCCCCCCCCC. The number of esters is 4. The number of unbranched alkanes of at least 4 members (excludes halogenated alkanes) is 49. The minimum atomic E-state index is -4.96. The predicted molar refractivity (Wildman–Crippen MR) is 405 cm³/mol. The Hall–Kier alpha value is -1.94. The Labute approximate surface area is 607 Å². The lowest BCUT2D eigenvalue weighted by Crippen LogP contribution is -2.30. The summed E-state index contributed by atoms with van der Waals surface area (Å²) in [5.41, 5.74) is 0. The van der Waals surface area contributed by atoms with Crippen molar-refractivity contribution < 1.29 is 80.2 Å². The van der Waals surface area contributed by atoms with Gasteiger partial charge in [0.05, 0.1) is 26.4 Å². The molecular weight excluding hydrogens is 1290 g/mol. The summed E-state index contributed by atoms with van der Waals surface area (Å²) in [6, 6.07) is 0. The first kappa shape index (κ1) is 97.1. The number of aliphatic hydroxyl groups excluding tert-OH is 1. The van der Waals surface area contributed by atoms with Crippen LogP contribution in [0.1, 0.15) is 420 Å². The molecule has 588 valence electrons. The van der Waals surface area contributed by atoms with E-state index in [9.17, 15) is 43.2 Å². The van der Waals surface area contributed by atoms with Crippen molar-refractivity contribution in [3.8, 4) is 0 Å². The molecule has 0 aromatic heterocycles. The van der Waals surface area contributed by atoms with Crippen molar-refractivity contribution in [1.29, 1.82) is 0 Å². The van der Waals surface area contributed by atoms with Crippen molar-refractivity contribution in [3.05, 3.63) is 0 Å². The zero-order chi connectivity index (χ0) is 72.8. The molecule has 0 saturated carbocycles. The lowest BCUT2D eigenvalue weighted by atomic mass is 10.0. The zero-order valence-corrected chi connectivity index (χ0v) is 66.6. The summed E-state index contributed by atoms with van der Waals surface area (Å²) in [6.07, 6.45) is 60.9. The lowest BCUT2D eigenvalue weighted by Gasteiger charge is -2.21. The van der Waals surface area contributed by atoms with E-state index in [0.717, 1.165) is 102 Å². The summed E-state index contributed by atoms with van der Waals surface area (Å²) >= 11 is 0. The Kier molecular flexibility index (Phi) is 70.3. The standard InChI is InChI=1S/C80H156O17P2/c1-7-9-11-13-15-17-19-21-23-25-27-32-38-44-50-56-62-77(82)90-68-75(96-79(84)64-58-52-46-39-33-28-26-24-22-20-18-16-14-12-10-8-2)70-94-98(86,87)92-66-74(81)67-93-99(88,89)95-71-76(69-91-78(83)63-57-51-45-41-35-37-43-49-55-61-73(5)6)97-80(85)65-59-53-47-40-34-30-29-31-36-42-48-54-60-72(3)4/h72-76,81H,7-71H2,1-6H3,(H,86,87)(H,88,89)/t74-,75-,76-/m1/s1. The van der Waals surface area contributed by atoms with Crippen LogP contribution in [-0.2, 0) is 65.4 Å². The highest BCUT2D eigenvalue weighted by atomic mass is 31.2. The predicted octanol–water partition coefficient (Wildman–Crippen LogP) is 23.9. The average molecular weight is 1450 g/mol. The molecule has 3 N–H and O–H groups in total. The first-order valence-electron chi connectivity index (χ1n) is 41.5. The van der Waals surface area contributed by atoms with Crippen LogP contribution >= 0.6 is 15.6 Å². The second-order valence-corrected chi connectivity index (χ2v) is 32.7. The number of hydrogen-bond donors (Lipinski definition) is 3. The minimum Gasteiger partial charge on any atom is -0.462 e. The summed E-state index contributed by atoms with van der Waals surface area (Å²) in [5.74, 6) is -0.587. The second kappa shape index (κ2) is 71.7. The smallest absolute Gasteiger partial charge is 0.462 e. The molecule has 17 nitrogen and oxygen atoms in total. The van der Waals surface area contributed by atoms with Gasteiger partial charge in [-0.15, -0.1) is 0 Å². The van der Waals surface area contributed by atoms with Crippen LogP contribution in [0.15, 0.2) is 0 Å². The van der Waals surface area contributed by atoms with Crippen LogP contribution in [-0.4, -0.2) is 96.7 Å². The van der Waals surface area contributed by atoms with E-state index in [0.29, 0.717) is 25.7 Å². The number of ether oxygens (including phenoxy) is 4. The van der Waals surface area contributed by atoms with E-state index in [1.807, 2.05) is 0 Å². The Balaban J connectivity index is 5.27. The first-order chi connectivity index (χ1) is 47.9. The number of carbonyl (C=O) groups is 4. The Bertz CT molecular complexity index is 1910. The molecule has 0 aliphatic heterocycles. The molecule has 99 heavy (non-hydrogen) atoms. The molecule has 0 aliphatic carbocycles. The maximum Gasteiger partial charge on any atom is 0.472 e. The van der Waals surface area contributed by atoms with Crippen LogP contribution in [0.5, 0.6) is 0 Å². The summed E-state index contributed by atoms with van der Waals surface area (Å²) in [4.78, 5) is 73.0. The van der Waals surface area contributed by atoms with Crippen molar-refractivity contribution >= 4 is 39.5 Å². The van der Waals surface area contributed by atoms with Crippen molar-refractivity contribution in [3.63, 3.8) is 0 Å². The van der Waals surface area contributed by atoms with Crippen LogP contribution in [0.3, 0.4) is 0 Å². The molecule has 0 aromatic rings. The molecule has 0 spiro atoms. The maximum atomic E-state index is 13.1. The molecule has 19 heteroatoms. The minimum absolute atomic E-state index is 0.107. The molecule has 0 saturated heterocycles. The number of phosphoric acid groups is 2. The topological polar surface area (TPSA) is 237 Å². The Morgan fingerprint density at radius 3 is 0.687 bits per heavy atom. The number of phosphoric ester groups is 2. The highest BCUT2D eigenvalue weighted by Crippen LogP contribution is 2.45. The monoisotopic (exact) mass is 1450 g/mol. The van der Waals surface area contributed by atoms with Crippen molar-refractivity contribution in [2.75, 3.05) is 39.6 Å². The molecule has 0 bridgehead atoms. The number of carbonyl (C=O) groups excluding carboxylic acids is 4. The van der Waals surface area contributed by atoms with Crippen LogP contribution in [0.2, 0.25) is 0 Å². The molecule has 5 atom stereocenters. The highest BCUT2D eigenvalue weighted by molar-refractivity contribution is 7.47. The quantitative estimate of drug-likeness (QED) is 0.0222. The lowest BCUT2D eigenvalue weighted by molar-refractivity contribution is -0.161.